The Labute approximate surface area is 243 Å². The monoisotopic (exact) mass is 538 g/mol. The number of dihydropyridines is 1. The molecule has 42 heavy (non-hydrogen) atoms. The van der Waals surface area contributed by atoms with Crippen LogP contribution in [0.5, 0.6) is 0 Å². The Morgan fingerprint density at radius 1 is 0.476 bits per heavy atom. The van der Waals surface area contributed by atoms with Crippen LogP contribution in [-0.2, 0) is 0 Å². The fraction of sp³-hybridized carbons (Fsp3) is 0.0263. The average Bonchev–Trinajstić information content (AvgIpc) is 3.09. The van der Waals surface area contributed by atoms with Crippen molar-refractivity contribution in [1.29, 1.82) is 0 Å². The maximum Gasteiger partial charge on any atom is 0.0717 e. The molecule has 0 spiro atoms. The van der Waals surface area contributed by atoms with Gasteiger partial charge in [-0.3, -0.25) is 15.0 Å². The van der Waals surface area contributed by atoms with E-state index in [4.69, 9.17) is 9.97 Å². The lowest BCUT2D eigenvalue weighted by Gasteiger charge is -2.16. The highest BCUT2D eigenvalue weighted by atomic mass is 14.9. The van der Waals surface area contributed by atoms with E-state index < -0.39 is 0 Å². The standard InChI is InChI=1S/C38H26N4/c1-2-8-30-29(7-1)33-21-25(37-17-13-27(23-41-37)35-9-3-5-19-39-35)11-15-31(33)32-16-12-26(22-34(30)32)38-18-14-28(24-42-38)36-10-4-6-20-40-36/h1-24,35,39H. The normalized spacial score (nSPS) is 14.4. The molecular formula is C38H26N4. The minimum Gasteiger partial charge on any atom is -0.381 e. The summed E-state index contributed by atoms with van der Waals surface area (Å²) in [6.45, 7) is 0. The minimum absolute atomic E-state index is 0.155. The van der Waals surface area contributed by atoms with E-state index in [1.165, 1.54) is 32.3 Å². The SMILES string of the molecule is C1=CNC(c2ccc(-c3ccc4c5ccc(-c6ccc(-c7ccccn7)cn6)cc5c5ccccc5c4c3)nc2)C=C1. The second kappa shape index (κ2) is 10.1. The fourth-order valence-electron chi connectivity index (χ4n) is 5.94. The third-order valence-corrected chi connectivity index (χ3v) is 8.08. The molecule has 0 fully saturated rings. The molecule has 1 aliphatic rings. The molecule has 7 aromatic rings. The molecule has 0 saturated heterocycles. The van der Waals surface area contributed by atoms with E-state index in [0.29, 0.717) is 0 Å². The Morgan fingerprint density at radius 2 is 1.10 bits per heavy atom. The number of rotatable bonds is 4. The first-order valence-corrected chi connectivity index (χ1v) is 14.1. The van der Waals surface area contributed by atoms with Gasteiger partial charge in [-0.25, -0.2) is 0 Å². The zero-order chi connectivity index (χ0) is 27.9. The first-order valence-electron chi connectivity index (χ1n) is 14.1. The summed E-state index contributed by atoms with van der Waals surface area (Å²) in [6.07, 6.45) is 13.9. The van der Waals surface area contributed by atoms with Crippen molar-refractivity contribution in [3.05, 3.63) is 152 Å². The minimum atomic E-state index is 0.155. The van der Waals surface area contributed by atoms with Gasteiger partial charge in [0.2, 0.25) is 0 Å². The maximum absolute atomic E-state index is 4.84. The van der Waals surface area contributed by atoms with Crippen LogP contribution in [0.1, 0.15) is 11.6 Å². The van der Waals surface area contributed by atoms with Crippen LogP contribution in [0.25, 0.3) is 66.1 Å². The summed E-state index contributed by atoms with van der Waals surface area (Å²) in [5, 5.41) is 10.8. The van der Waals surface area contributed by atoms with Gasteiger partial charge in [-0.1, -0.05) is 72.8 Å². The Morgan fingerprint density at radius 3 is 1.67 bits per heavy atom. The zero-order valence-corrected chi connectivity index (χ0v) is 22.8. The highest BCUT2D eigenvalue weighted by Crippen LogP contribution is 2.38. The van der Waals surface area contributed by atoms with Crippen molar-refractivity contribution >= 4 is 32.3 Å². The molecule has 0 amide bonds. The molecule has 1 atom stereocenters. The van der Waals surface area contributed by atoms with Crippen molar-refractivity contribution in [2.45, 2.75) is 6.04 Å². The van der Waals surface area contributed by atoms with Crippen molar-refractivity contribution in [2.75, 3.05) is 0 Å². The van der Waals surface area contributed by atoms with Crippen LogP contribution in [0.3, 0.4) is 0 Å². The molecule has 4 heteroatoms. The lowest BCUT2D eigenvalue weighted by atomic mass is 9.91. The number of aromatic nitrogens is 3. The van der Waals surface area contributed by atoms with Crippen LogP contribution in [0.2, 0.25) is 0 Å². The van der Waals surface area contributed by atoms with Gasteiger partial charge < -0.3 is 5.32 Å². The molecule has 3 aromatic heterocycles. The van der Waals surface area contributed by atoms with Gasteiger partial charge in [-0.05, 0) is 92.6 Å². The Kier molecular flexibility index (Phi) is 5.82. The largest absolute Gasteiger partial charge is 0.381 e. The molecule has 0 aliphatic carbocycles. The molecule has 1 unspecified atom stereocenters. The number of hydrogen-bond donors (Lipinski definition) is 1. The van der Waals surface area contributed by atoms with E-state index in [-0.39, 0.29) is 6.04 Å². The highest BCUT2D eigenvalue weighted by molar-refractivity contribution is 6.26. The quantitative estimate of drug-likeness (QED) is 0.227. The van der Waals surface area contributed by atoms with E-state index in [1.54, 1.807) is 0 Å². The second-order valence-electron chi connectivity index (χ2n) is 10.6. The van der Waals surface area contributed by atoms with Crippen molar-refractivity contribution in [3.8, 4) is 33.8 Å². The third-order valence-electron chi connectivity index (χ3n) is 8.08. The summed E-state index contributed by atoms with van der Waals surface area (Å²) in [5.74, 6) is 0. The molecule has 0 saturated carbocycles. The van der Waals surface area contributed by atoms with E-state index in [2.05, 4.69) is 107 Å². The van der Waals surface area contributed by atoms with Crippen LogP contribution in [0, 0.1) is 0 Å². The van der Waals surface area contributed by atoms with E-state index in [9.17, 15) is 0 Å². The van der Waals surface area contributed by atoms with Gasteiger partial charge in [0.15, 0.2) is 0 Å². The van der Waals surface area contributed by atoms with Crippen molar-refractivity contribution in [3.63, 3.8) is 0 Å². The predicted octanol–water partition coefficient (Wildman–Crippen LogP) is 9.05. The van der Waals surface area contributed by atoms with Gasteiger partial charge in [0.25, 0.3) is 0 Å². The van der Waals surface area contributed by atoms with Crippen LogP contribution < -0.4 is 5.32 Å². The number of nitrogens with one attached hydrogen (secondary N) is 1. The molecule has 1 N–H and O–H groups in total. The third kappa shape index (κ3) is 4.21. The van der Waals surface area contributed by atoms with Crippen LogP contribution in [0.4, 0.5) is 0 Å². The summed E-state index contributed by atoms with van der Waals surface area (Å²) in [7, 11) is 0. The summed E-state index contributed by atoms with van der Waals surface area (Å²) in [6, 6.07) is 36.6. The van der Waals surface area contributed by atoms with Gasteiger partial charge in [0, 0.05) is 35.3 Å². The van der Waals surface area contributed by atoms with Gasteiger partial charge in [0.1, 0.15) is 0 Å². The van der Waals surface area contributed by atoms with Crippen LogP contribution >= 0.6 is 0 Å². The number of allylic oxidation sites excluding steroid dienone is 2. The molecular weight excluding hydrogens is 512 g/mol. The maximum atomic E-state index is 4.84. The van der Waals surface area contributed by atoms with Gasteiger partial charge >= 0.3 is 0 Å². The predicted molar refractivity (Wildman–Crippen MR) is 173 cm³/mol. The van der Waals surface area contributed by atoms with E-state index in [1.807, 2.05) is 49.1 Å². The molecule has 0 bridgehead atoms. The molecule has 4 heterocycles. The summed E-state index contributed by atoms with van der Waals surface area (Å²) in [4.78, 5) is 14.1. The van der Waals surface area contributed by atoms with Crippen molar-refractivity contribution in [2.24, 2.45) is 0 Å². The summed E-state index contributed by atoms with van der Waals surface area (Å²) in [5.41, 5.74) is 7.20. The van der Waals surface area contributed by atoms with Gasteiger partial charge in [-0.15, -0.1) is 0 Å². The number of benzene rings is 4. The van der Waals surface area contributed by atoms with Crippen LogP contribution in [-0.4, -0.2) is 15.0 Å². The number of fused-ring (bicyclic) bond motifs is 6. The fourth-order valence-corrected chi connectivity index (χ4v) is 5.94. The molecule has 0 radical (unpaired) electrons. The smallest absolute Gasteiger partial charge is 0.0717 e. The molecule has 198 valence electrons. The Balaban J connectivity index is 1.21. The molecule has 1 aliphatic heterocycles. The molecule has 8 rings (SSSR count). The van der Waals surface area contributed by atoms with E-state index in [0.717, 1.165) is 39.3 Å². The average molecular weight is 539 g/mol. The first kappa shape index (κ1) is 24.2. The number of pyridine rings is 3. The lowest BCUT2D eigenvalue weighted by Crippen LogP contribution is -2.14. The summed E-state index contributed by atoms with van der Waals surface area (Å²) >= 11 is 0. The number of hydrogen-bond acceptors (Lipinski definition) is 4. The second-order valence-corrected chi connectivity index (χ2v) is 10.6. The highest BCUT2D eigenvalue weighted by Gasteiger charge is 2.13. The Bertz CT molecular complexity index is 2130. The van der Waals surface area contributed by atoms with Gasteiger partial charge in [0.05, 0.1) is 23.1 Å². The summed E-state index contributed by atoms with van der Waals surface area (Å²) < 4.78 is 0. The topological polar surface area (TPSA) is 50.7 Å². The van der Waals surface area contributed by atoms with Gasteiger partial charge in [-0.2, -0.15) is 0 Å². The molecule has 4 aromatic carbocycles. The first-order chi connectivity index (χ1) is 20.8. The molecule has 4 nitrogen and oxygen atoms in total. The Hall–Kier alpha value is -5.61. The lowest BCUT2D eigenvalue weighted by molar-refractivity contribution is 0.743. The van der Waals surface area contributed by atoms with Crippen molar-refractivity contribution < 1.29 is 0 Å². The van der Waals surface area contributed by atoms with E-state index >= 15 is 0 Å². The van der Waals surface area contributed by atoms with Crippen LogP contribution in [0.15, 0.2) is 146 Å². The van der Waals surface area contributed by atoms with Crippen molar-refractivity contribution in [1.82, 2.24) is 20.3 Å². The number of nitrogens with zero attached hydrogens (tertiary/aromatic N) is 3. The zero-order valence-electron chi connectivity index (χ0n) is 22.8.